The van der Waals surface area contributed by atoms with Crippen molar-refractivity contribution in [2.24, 2.45) is 0 Å². The molecule has 9 nitrogen and oxygen atoms in total. The minimum absolute atomic E-state index is 0.00864. The number of esters is 3. The lowest BCUT2D eigenvalue weighted by Gasteiger charge is -2.19. The van der Waals surface area contributed by atoms with Gasteiger partial charge in [-0.05, 0) is 56.7 Å². The number of carbonyl (C=O) groups excluding carboxylic acids is 4. The van der Waals surface area contributed by atoms with E-state index in [1.54, 1.807) is 32.9 Å². The molecule has 0 aliphatic rings. The van der Waals surface area contributed by atoms with Crippen LogP contribution in [0.5, 0.6) is 23.0 Å². The Hall–Kier alpha value is -4.14. The highest BCUT2D eigenvalue weighted by molar-refractivity contribution is 5.92. The summed E-state index contributed by atoms with van der Waals surface area (Å²) in [5.41, 5.74) is 0.497. The van der Waals surface area contributed by atoms with Crippen molar-refractivity contribution in [1.82, 2.24) is 0 Å². The van der Waals surface area contributed by atoms with Gasteiger partial charge in [0.1, 0.15) is 11.9 Å². The molecular formula is C26H28O9. The summed E-state index contributed by atoms with van der Waals surface area (Å²) in [5.74, 6) is -1.53. The summed E-state index contributed by atoms with van der Waals surface area (Å²) in [7, 11) is 2.73. The zero-order valence-corrected chi connectivity index (χ0v) is 20.7. The third-order valence-electron chi connectivity index (χ3n) is 4.33. The third kappa shape index (κ3) is 7.43. The number of hydrogen-bond donors (Lipinski definition) is 0. The van der Waals surface area contributed by atoms with Crippen molar-refractivity contribution in [2.45, 2.75) is 40.2 Å². The van der Waals surface area contributed by atoms with E-state index in [9.17, 15) is 19.2 Å². The lowest BCUT2D eigenvalue weighted by atomic mass is 9.97. The predicted molar refractivity (Wildman–Crippen MR) is 128 cm³/mol. The number of hydrogen-bond acceptors (Lipinski definition) is 9. The molecule has 0 fully saturated rings. The molecule has 2 aromatic rings. The van der Waals surface area contributed by atoms with Crippen LogP contribution in [0.15, 0.2) is 30.3 Å². The molecule has 2 aromatic carbocycles. The third-order valence-corrected chi connectivity index (χ3v) is 4.33. The molecule has 0 spiro atoms. The average Bonchev–Trinajstić information content (AvgIpc) is 2.76. The van der Waals surface area contributed by atoms with Crippen LogP contribution >= 0.6 is 0 Å². The van der Waals surface area contributed by atoms with Crippen LogP contribution in [-0.4, -0.2) is 44.0 Å². The minimum Gasteiger partial charge on any atom is -0.493 e. The summed E-state index contributed by atoms with van der Waals surface area (Å²) in [6.45, 7) is 7.67. The summed E-state index contributed by atoms with van der Waals surface area (Å²) in [6, 6.07) is 5.99. The number of carbonyl (C=O) groups is 4. The monoisotopic (exact) mass is 484 g/mol. The van der Waals surface area contributed by atoms with Crippen molar-refractivity contribution in [1.29, 1.82) is 0 Å². The molecule has 0 radical (unpaired) electrons. The molecular weight excluding hydrogens is 456 g/mol. The van der Waals surface area contributed by atoms with Crippen molar-refractivity contribution in [3.05, 3.63) is 41.5 Å². The van der Waals surface area contributed by atoms with Crippen molar-refractivity contribution >= 4 is 30.3 Å². The molecule has 2 rings (SSSR count). The molecule has 0 aliphatic carbocycles. The highest BCUT2D eigenvalue weighted by Crippen LogP contribution is 2.47. The highest BCUT2D eigenvalue weighted by atomic mass is 16.6. The van der Waals surface area contributed by atoms with Gasteiger partial charge in [-0.1, -0.05) is 0 Å². The Bertz CT molecular complexity index is 1170. The predicted octanol–water partition coefficient (Wildman–Crippen LogP) is 4.39. The first kappa shape index (κ1) is 27.1. The number of methoxy groups -OCH3 is 2. The average molecular weight is 485 g/mol. The smallest absolute Gasteiger partial charge is 0.331 e. The SMILES string of the molecule is COc1cc(C=O)cc(-c2cc(/C=C/C(=O)OC(C)(C)C)cc(OC)c2OC(C)=O)c1OC(C)=O. The lowest BCUT2D eigenvalue weighted by Crippen LogP contribution is -2.22. The number of aldehydes is 1. The van der Waals surface area contributed by atoms with Crippen molar-refractivity contribution in [3.63, 3.8) is 0 Å². The van der Waals surface area contributed by atoms with Crippen LogP contribution in [0.25, 0.3) is 17.2 Å². The highest BCUT2D eigenvalue weighted by Gasteiger charge is 2.24. The van der Waals surface area contributed by atoms with Crippen LogP contribution < -0.4 is 18.9 Å². The van der Waals surface area contributed by atoms with E-state index in [1.165, 1.54) is 52.4 Å². The number of ether oxygens (including phenoxy) is 5. The van der Waals surface area contributed by atoms with Crippen molar-refractivity contribution in [2.75, 3.05) is 14.2 Å². The minimum atomic E-state index is -0.672. The molecule has 0 atom stereocenters. The van der Waals surface area contributed by atoms with Crippen LogP contribution in [0, 0.1) is 0 Å². The maximum Gasteiger partial charge on any atom is 0.331 e. The van der Waals surface area contributed by atoms with Gasteiger partial charge in [0.05, 0.1) is 14.2 Å². The van der Waals surface area contributed by atoms with Crippen LogP contribution in [0.2, 0.25) is 0 Å². The quantitative estimate of drug-likeness (QED) is 0.233. The van der Waals surface area contributed by atoms with E-state index >= 15 is 0 Å². The normalized spacial score (nSPS) is 11.1. The fourth-order valence-corrected chi connectivity index (χ4v) is 3.11. The molecule has 0 amide bonds. The van der Waals surface area contributed by atoms with Gasteiger partial charge < -0.3 is 23.7 Å². The van der Waals surface area contributed by atoms with Gasteiger partial charge in [0.25, 0.3) is 0 Å². The van der Waals surface area contributed by atoms with Crippen molar-refractivity contribution in [3.8, 4) is 34.1 Å². The van der Waals surface area contributed by atoms with Gasteiger partial charge in [-0.3, -0.25) is 14.4 Å². The Morgan fingerprint density at radius 2 is 1.23 bits per heavy atom. The Morgan fingerprint density at radius 1 is 0.771 bits per heavy atom. The zero-order chi connectivity index (χ0) is 26.3. The van der Waals surface area contributed by atoms with Crippen LogP contribution in [0.4, 0.5) is 0 Å². The molecule has 186 valence electrons. The fourth-order valence-electron chi connectivity index (χ4n) is 3.11. The Kier molecular flexibility index (Phi) is 8.77. The Morgan fingerprint density at radius 3 is 1.63 bits per heavy atom. The first-order valence-electron chi connectivity index (χ1n) is 10.6. The van der Waals surface area contributed by atoms with E-state index in [0.29, 0.717) is 11.8 Å². The first-order valence-corrected chi connectivity index (χ1v) is 10.6. The molecule has 0 unspecified atom stereocenters. The Labute approximate surface area is 203 Å². The van der Waals surface area contributed by atoms with Gasteiger partial charge in [-0.25, -0.2) is 4.79 Å². The van der Waals surface area contributed by atoms with Gasteiger partial charge in [0.15, 0.2) is 23.0 Å². The largest absolute Gasteiger partial charge is 0.493 e. The topological polar surface area (TPSA) is 114 Å². The number of rotatable bonds is 8. The molecule has 35 heavy (non-hydrogen) atoms. The molecule has 0 aromatic heterocycles. The van der Waals surface area contributed by atoms with Crippen LogP contribution in [-0.2, 0) is 19.1 Å². The standard InChI is InChI=1S/C26H28O9/c1-15(28)33-24-19(20-11-18(14-27)13-22(32-7)25(20)34-16(2)29)10-17(12-21(24)31-6)8-9-23(30)35-26(3,4)5/h8-14H,1-7H3/b9-8+. The van der Waals surface area contributed by atoms with E-state index < -0.39 is 23.5 Å². The summed E-state index contributed by atoms with van der Waals surface area (Å²) in [6.07, 6.45) is 3.33. The summed E-state index contributed by atoms with van der Waals surface area (Å²) >= 11 is 0. The van der Waals surface area contributed by atoms with Crippen LogP contribution in [0.3, 0.4) is 0 Å². The second-order valence-corrected chi connectivity index (χ2v) is 8.37. The van der Waals surface area contributed by atoms with Crippen molar-refractivity contribution < 1.29 is 42.9 Å². The first-order chi connectivity index (χ1) is 16.4. The Balaban J connectivity index is 2.83. The maximum absolute atomic E-state index is 12.2. The van der Waals surface area contributed by atoms with Gasteiger partial charge >= 0.3 is 17.9 Å². The fraction of sp³-hybridized carbons (Fsp3) is 0.308. The van der Waals surface area contributed by atoms with Gasteiger partial charge in [-0.2, -0.15) is 0 Å². The molecule has 0 N–H and O–H groups in total. The second-order valence-electron chi connectivity index (χ2n) is 8.37. The van der Waals surface area contributed by atoms with E-state index in [0.717, 1.165) is 0 Å². The van der Waals surface area contributed by atoms with E-state index in [4.69, 9.17) is 23.7 Å². The summed E-state index contributed by atoms with van der Waals surface area (Å²) in [5, 5.41) is 0. The maximum atomic E-state index is 12.2. The van der Waals surface area contributed by atoms with E-state index in [2.05, 4.69) is 0 Å². The molecule has 0 bridgehead atoms. The van der Waals surface area contributed by atoms with E-state index in [1.807, 2.05) is 0 Å². The molecule has 0 saturated carbocycles. The summed E-state index contributed by atoms with van der Waals surface area (Å²) < 4.78 is 26.9. The molecule has 9 heteroatoms. The summed E-state index contributed by atoms with van der Waals surface area (Å²) in [4.78, 5) is 47.5. The molecule has 0 saturated heterocycles. The molecule has 0 heterocycles. The zero-order valence-electron chi connectivity index (χ0n) is 20.7. The number of benzene rings is 2. The molecule has 0 aliphatic heterocycles. The van der Waals surface area contributed by atoms with Gasteiger partial charge in [0, 0.05) is 36.6 Å². The van der Waals surface area contributed by atoms with Gasteiger partial charge in [0.2, 0.25) is 0 Å². The van der Waals surface area contributed by atoms with Crippen LogP contribution in [0.1, 0.15) is 50.5 Å². The van der Waals surface area contributed by atoms with Gasteiger partial charge in [-0.15, -0.1) is 0 Å². The van der Waals surface area contributed by atoms with E-state index in [-0.39, 0.29) is 39.7 Å². The lowest BCUT2D eigenvalue weighted by molar-refractivity contribution is -0.148. The second kappa shape index (κ2) is 11.3.